The summed E-state index contributed by atoms with van der Waals surface area (Å²) in [5.41, 5.74) is 2.02. The van der Waals surface area contributed by atoms with Gasteiger partial charge in [0.15, 0.2) is 11.5 Å². The summed E-state index contributed by atoms with van der Waals surface area (Å²) in [4.78, 5) is 2.55. The smallest absolute Gasteiger partial charge is 0.166 e. The summed E-state index contributed by atoms with van der Waals surface area (Å²) >= 11 is 0. The van der Waals surface area contributed by atoms with E-state index in [2.05, 4.69) is 16.3 Å². The van der Waals surface area contributed by atoms with Crippen LogP contribution in [-0.4, -0.2) is 37.7 Å². The van der Waals surface area contributed by atoms with Crippen molar-refractivity contribution in [2.24, 2.45) is 5.92 Å². The molecule has 0 spiro atoms. The van der Waals surface area contributed by atoms with Crippen LogP contribution < -0.4 is 14.8 Å². The number of hydrogen-bond donors (Lipinski definition) is 1. The lowest BCUT2D eigenvalue weighted by Crippen LogP contribution is -2.55. The Morgan fingerprint density at radius 2 is 1.79 bits per heavy atom. The van der Waals surface area contributed by atoms with Gasteiger partial charge in [-0.2, -0.15) is 0 Å². The normalized spacial score (nSPS) is 22.3. The lowest BCUT2D eigenvalue weighted by molar-refractivity contribution is 0.0718. The summed E-state index contributed by atoms with van der Waals surface area (Å²) in [5.74, 6) is 2.03. The lowest BCUT2D eigenvalue weighted by atomic mass is 9.84. The Morgan fingerprint density at radius 1 is 1.07 bits per heavy atom. The molecule has 1 N–H and O–H groups in total. The quantitative estimate of drug-likeness (QED) is 0.686. The number of para-hydroxylation sites is 1. The van der Waals surface area contributed by atoms with Crippen LogP contribution >= 0.6 is 24.8 Å². The Morgan fingerprint density at radius 3 is 2.41 bits per heavy atom. The third-order valence-electron chi connectivity index (χ3n) is 5.79. The second-order valence-electron chi connectivity index (χ2n) is 7.49. The number of piperidine rings is 3. The van der Waals surface area contributed by atoms with E-state index in [-0.39, 0.29) is 30.6 Å². The molecule has 5 rings (SSSR count). The van der Waals surface area contributed by atoms with Gasteiger partial charge >= 0.3 is 0 Å². The summed E-state index contributed by atoms with van der Waals surface area (Å²) in [6.45, 7) is 4.76. The first-order valence-corrected chi connectivity index (χ1v) is 9.72. The Hall–Kier alpha value is -1.53. The molecule has 0 aliphatic carbocycles. The Labute approximate surface area is 184 Å². The van der Waals surface area contributed by atoms with Gasteiger partial charge in [-0.1, -0.05) is 24.3 Å². The van der Waals surface area contributed by atoms with Crippen LogP contribution in [-0.2, 0) is 13.2 Å². The third-order valence-corrected chi connectivity index (χ3v) is 5.79. The third kappa shape index (κ3) is 5.76. The van der Waals surface area contributed by atoms with Gasteiger partial charge in [0.05, 0.1) is 7.11 Å². The van der Waals surface area contributed by atoms with Crippen LogP contribution in [0.25, 0.3) is 0 Å². The maximum absolute atomic E-state index is 13.1. The van der Waals surface area contributed by atoms with E-state index in [1.165, 1.54) is 38.1 Å². The van der Waals surface area contributed by atoms with Crippen LogP contribution in [0.3, 0.4) is 0 Å². The molecule has 2 aromatic carbocycles. The number of nitrogens with one attached hydrogen (secondary N) is 1. The zero-order valence-electron chi connectivity index (χ0n) is 16.6. The average Bonchev–Trinajstić information content (AvgIpc) is 2.73. The summed E-state index contributed by atoms with van der Waals surface area (Å²) in [6, 6.07) is 12.9. The van der Waals surface area contributed by atoms with Crippen molar-refractivity contribution in [2.45, 2.75) is 32.0 Å². The topological polar surface area (TPSA) is 33.7 Å². The SMILES string of the molecule is COc1cccc(CNC2CN3CCC2CC3)c1OCc1ccc(F)cc1.Cl.Cl. The van der Waals surface area contributed by atoms with Crippen molar-refractivity contribution in [3.63, 3.8) is 0 Å². The molecule has 7 heteroatoms. The van der Waals surface area contributed by atoms with Crippen molar-refractivity contribution in [3.05, 3.63) is 59.4 Å². The molecule has 0 radical (unpaired) electrons. The van der Waals surface area contributed by atoms with Crippen molar-refractivity contribution < 1.29 is 13.9 Å². The molecular formula is C22H29Cl2FN2O2. The number of ether oxygens (including phenoxy) is 2. The van der Waals surface area contributed by atoms with Gasteiger partial charge < -0.3 is 19.7 Å². The fraction of sp³-hybridized carbons (Fsp3) is 0.455. The van der Waals surface area contributed by atoms with E-state index in [1.54, 1.807) is 19.2 Å². The second-order valence-corrected chi connectivity index (χ2v) is 7.49. The molecule has 160 valence electrons. The van der Waals surface area contributed by atoms with E-state index >= 15 is 0 Å². The highest BCUT2D eigenvalue weighted by molar-refractivity contribution is 5.85. The molecule has 1 atom stereocenters. The molecule has 3 aliphatic rings. The van der Waals surface area contributed by atoms with Crippen LogP contribution in [0, 0.1) is 11.7 Å². The minimum Gasteiger partial charge on any atom is -0.493 e. The Kier molecular flexibility index (Phi) is 9.03. The summed E-state index contributed by atoms with van der Waals surface area (Å²) in [5, 5.41) is 3.74. The number of hydrogen-bond acceptors (Lipinski definition) is 4. The van der Waals surface area contributed by atoms with E-state index in [0.29, 0.717) is 12.6 Å². The van der Waals surface area contributed by atoms with Crippen LogP contribution in [0.2, 0.25) is 0 Å². The molecule has 1 unspecified atom stereocenters. The Bertz CT molecular complexity index is 768. The van der Waals surface area contributed by atoms with Crippen molar-refractivity contribution in [3.8, 4) is 11.5 Å². The zero-order chi connectivity index (χ0) is 18.6. The molecule has 2 bridgehead atoms. The van der Waals surface area contributed by atoms with Crippen molar-refractivity contribution in [1.82, 2.24) is 10.2 Å². The summed E-state index contributed by atoms with van der Waals surface area (Å²) in [6.07, 6.45) is 2.59. The molecule has 3 heterocycles. The number of nitrogens with zero attached hydrogens (tertiary/aromatic N) is 1. The van der Waals surface area contributed by atoms with Crippen LogP contribution in [0.1, 0.15) is 24.0 Å². The lowest BCUT2D eigenvalue weighted by Gasteiger charge is -2.45. The summed E-state index contributed by atoms with van der Waals surface area (Å²) in [7, 11) is 1.66. The van der Waals surface area contributed by atoms with Gasteiger partial charge in [-0.05, 0) is 55.6 Å². The molecule has 29 heavy (non-hydrogen) atoms. The molecule has 3 fully saturated rings. The number of benzene rings is 2. The van der Waals surface area contributed by atoms with Crippen LogP contribution in [0.15, 0.2) is 42.5 Å². The first-order valence-electron chi connectivity index (χ1n) is 9.72. The molecule has 2 aromatic rings. The number of methoxy groups -OCH3 is 1. The largest absolute Gasteiger partial charge is 0.493 e. The number of rotatable bonds is 7. The first-order chi connectivity index (χ1) is 13.2. The van der Waals surface area contributed by atoms with E-state index < -0.39 is 0 Å². The van der Waals surface area contributed by atoms with E-state index in [4.69, 9.17) is 9.47 Å². The fourth-order valence-corrected chi connectivity index (χ4v) is 4.20. The van der Waals surface area contributed by atoms with Gasteiger partial charge in [-0.15, -0.1) is 24.8 Å². The maximum atomic E-state index is 13.1. The molecule has 0 aromatic heterocycles. The second kappa shape index (κ2) is 11.0. The average molecular weight is 443 g/mol. The first kappa shape index (κ1) is 23.7. The zero-order valence-corrected chi connectivity index (χ0v) is 18.2. The highest BCUT2D eigenvalue weighted by atomic mass is 35.5. The Balaban J connectivity index is 0.00000150. The van der Waals surface area contributed by atoms with Gasteiger partial charge in [0.2, 0.25) is 0 Å². The molecule has 3 aliphatic heterocycles. The highest BCUT2D eigenvalue weighted by Gasteiger charge is 2.33. The molecule has 3 saturated heterocycles. The van der Waals surface area contributed by atoms with Crippen LogP contribution in [0.4, 0.5) is 4.39 Å². The van der Waals surface area contributed by atoms with Crippen molar-refractivity contribution in [2.75, 3.05) is 26.7 Å². The molecule has 0 amide bonds. The highest BCUT2D eigenvalue weighted by Crippen LogP contribution is 2.33. The standard InChI is InChI=1S/C22H27FN2O2.2ClH/c1-26-21-4-2-3-18(13-24-20-14-25-11-9-17(20)10-12-25)22(21)27-15-16-5-7-19(23)8-6-16;;/h2-8,17,20,24H,9-15H2,1H3;2*1H. The van der Waals surface area contributed by atoms with Crippen LogP contribution in [0.5, 0.6) is 11.5 Å². The van der Waals surface area contributed by atoms with E-state index in [0.717, 1.165) is 41.6 Å². The van der Waals surface area contributed by atoms with Crippen molar-refractivity contribution >= 4 is 24.8 Å². The minimum absolute atomic E-state index is 0. The summed E-state index contributed by atoms with van der Waals surface area (Å²) < 4.78 is 24.7. The van der Waals surface area contributed by atoms with E-state index in [9.17, 15) is 4.39 Å². The molecular weight excluding hydrogens is 414 g/mol. The van der Waals surface area contributed by atoms with Gasteiger partial charge in [0, 0.05) is 24.7 Å². The van der Waals surface area contributed by atoms with Crippen molar-refractivity contribution in [1.29, 1.82) is 0 Å². The fourth-order valence-electron chi connectivity index (χ4n) is 4.20. The monoisotopic (exact) mass is 442 g/mol. The number of fused-ring (bicyclic) bond motifs is 3. The minimum atomic E-state index is -0.238. The van der Waals surface area contributed by atoms with Gasteiger partial charge in [-0.3, -0.25) is 0 Å². The van der Waals surface area contributed by atoms with Gasteiger partial charge in [-0.25, -0.2) is 4.39 Å². The molecule has 4 nitrogen and oxygen atoms in total. The predicted molar refractivity (Wildman–Crippen MR) is 118 cm³/mol. The predicted octanol–water partition coefficient (Wildman–Crippen LogP) is 4.44. The molecule has 0 saturated carbocycles. The van der Waals surface area contributed by atoms with Gasteiger partial charge in [0.25, 0.3) is 0 Å². The maximum Gasteiger partial charge on any atom is 0.166 e. The van der Waals surface area contributed by atoms with E-state index in [1.807, 2.05) is 12.1 Å². The number of halogens is 3. The van der Waals surface area contributed by atoms with Gasteiger partial charge in [0.1, 0.15) is 12.4 Å².